The SMILES string of the molecule is CC(=O)CC(=O)ON=[N+]=[N-]. The van der Waals surface area contributed by atoms with Gasteiger partial charge in [0.2, 0.25) is 0 Å². The third kappa shape index (κ3) is 4.61. The number of Topliss-reactive ketones (excluding diaryl/α,β-unsaturated/α-hetero) is 1. The summed E-state index contributed by atoms with van der Waals surface area (Å²) < 4.78 is 0. The van der Waals surface area contributed by atoms with Crippen molar-refractivity contribution in [2.75, 3.05) is 0 Å². The van der Waals surface area contributed by atoms with Crippen LogP contribution in [-0.4, -0.2) is 11.8 Å². The molecule has 0 saturated heterocycles. The van der Waals surface area contributed by atoms with E-state index in [1.54, 1.807) is 0 Å². The summed E-state index contributed by atoms with van der Waals surface area (Å²) in [7, 11) is 0. The predicted octanol–water partition coefficient (Wildman–Crippen LogP) is 0.734. The Labute approximate surface area is 56.4 Å². The summed E-state index contributed by atoms with van der Waals surface area (Å²) in [5.41, 5.74) is 7.65. The lowest BCUT2D eigenvalue weighted by Crippen LogP contribution is -2.04. The minimum absolute atomic E-state index is 0.335. The number of nitrogens with zero attached hydrogens (tertiary/aromatic N) is 3. The van der Waals surface area contributed by atoms with E-state index in [4.69, 9.17) is 5.53 Å². The lowest BCUT2D eigenvalue weighted by molar-refractivity contribution is -0.146. The summed E-state index contributed by atoms with van der Waals surface area (Å²) in [5.74, 6) is -1.18. The predicted molar refractivity (Wildman–Crippen MR) is 30.5 cm³/mol. The molecule has 0 N–H and O–H groups in total. The smallest absolute Gasteiger partial charge is 0.325 e. The van der Waals surface area contributed by atoms with Crippen LogP contribution < -0.4 is 0 Å². The van der Waals surface area contributed by atoms with E-state index < -0.39 is 5.97 Å². The van der Waals surface area contributed by atoms with Gasteiger partial charge in [-0.25, -0.2) is 0 Å². The Hall–Kier alpha value is -1.55. The average molecular weight is 143 g/mol. The fourth-order valence-corrected chi connectivity index (χ4v) is 0.299. The molecule has 0 fully saturated rings. The molecular formula is C4H5N3O3. The van der Waals surface area contributed by atoms with Crippen molar-refractivity contribution in [3.05, 3.63) is 10.4 Å². The second-order valence-electron chi connectivity index (χ2n) is 1.51. The number of hydrogen-bond acceptors (Lipinski definition) is 4. The van der Waals surface area contributed by atoms with Gasteiger partial charge in [0.15, 0.2) is 0 Å². The molecule has 0 saturated carbocycles. The van der Waals surface area contributed by atoms with Gasteiger partial charge in [0.1, 0.15) is 17.5 Å². The summed E-state index contributed by atoms with van der Waals surface area (Å²) in [5, 5.41) is 2.50. The van der Waals surface area contributed by atoms with Crippen LogP contribution in [0.5, 0.6) is 0 Å². The van der Waals surface area contributed by atoms with Crippen LogP contribution >= 0.6 is 0 Å². The minimum atomic E-state index is -0.842. The monoisotopic (exact) mass is 143 g/mol. The topological polar surface area (TPSA) is 92.1 Å². The van der Waals surface area contributed by atoms with E-state index >= 15 is 0 Å². The zero-order valence-corrected chi connectivity index (χ0v) is 5.27. The second kappa shape index (κ2) is 4.34. The van der Waals surface area contributed by atoms with Gasteiger partial charge in [-0.3, -0.25) is 9.59 Å². The highest BCUT2D eigenvalue weighted by atomic mass is 16.7. The highest BCUT2D eigenvalue weighted by Crippen LogP contribution is 1.87. The molecule has 6 heteroatoms. The molecule has 0 atom stereocenters. The Kier molecular flexibility index (Phi) is 3.67. The molecule has 0 aliphatic rings. The maximum atomic E-state index is 10.3. The summed E-state index contributed by atoms with van der Waals surface area (Å²) >= 11 is 0. The van der Waals surface area contributed by atoms with E-state index in [9.17, 15) is 9.59 Å². The van der Waals surface area contributed by atoms with Crippen molar-refractivity contribution in [3.8, 4) is 0 Å². The molecule has 54 valence electrons. The summed E-state index contributed by atoms with van der Waals surface area (Å²) in [6, 6.07) is 0. The van der Waals surface area contributed by atoms with Crippen LogP contribution in [0.3, 0.4) is 0 Å². The Morgan fingerprint density at radius 1 is 1.70 bits per heavy atom. The summed E-state index contributed by atoms with van der Waals surface area (Å²) in [6.07, 6.45) is -0.362. The largest absolute Gasteiger partial charge is 0.358 e. The fourth-order valence-electron chi connectivity index (χ4n) is 0.299. The Morgan fingerprint density at radius 3 is 2.70 bits per heavy atom. The molecule has 10 heavy (non-hydrogen) atoms. The number of ketones is 1. The van der Waals surface area contributed by atoms with Crippen LogP contribution in [0.1, 0.15) is 13.3 Å². The molecule has 0 spiro atoms. The molecule has 0 aromatic carbocycles. The van der Waals surface area contributed by atoms with E-state index in [1.807, 2.05) is 0 Å². The van der Waals surface area contributed by atoms with Crippen LogP contribution in [0.2, 0.25) is 0 Å². The van der Waals surface area contributed by atoms with E-state index in [-0.39, 0.29) is 12.2 Å². The van der Waals surface area contributed by atoms with Gasteiger partial charge in [-0.2, -0.15) is 0 Å². The van der Waals surface area contributed by atoms with E-state index in [0.717, 1.165) is 0 Å². The number of azide groups is 1. The molecule has 0 aromatic rings. The van der Waals surface area contributed by atoms with Gasteiger partial charge >= 0.3 is 5.97 Å². The van der Waals surface area contributed by atoms with Crippen molar-refractivity contribution in [3.63, 3.8) is 0 Å². The molecule has 0 aliphatic heterocycles. The maximum Gasteiger partial charge on any atom is 0.325 e. The molecular weight excluding hydrogens is 138 g/mol. The molecule has 0 aromatic heterocycles. The number of carbonyl (C=O) groups is 2. The highest BCUT2D eigenvalue weighted by Gasteiger charge is 2.04. The highest BCUT2D eigenvalue weighted by molar-refractivity contribution is 5.93. The second-order valence-corrected chi connectivity index (χ2v) is 1.51. The van der Waals surface area contributed by atoms with Crippen molar-refractivity contribution in [2.45, 2.75) is 13.3 Å². The van der Waals surface area contributed by atoms with Gasteiger partial charge in [0.05, 0.1) is 0 Å². The van der Waals surface area contributed by atoms with Crippen LogP contribution in [0.4, 0.5) is 0 Å². The summed E-state index contributed by atoms with van der Waals surface area (Å²) in [4.78, 5) is 26.5. The normalized spacial score (nSPS) is 7.70. The maximum absolute atomic E-state index is 10.3. The van der Waals surface area contributed by atoms with Crippen LogP contribution in [0.15, 0.2) is 5.28 Å². The lowest BCUT2D eigenvalue weighted by Gasteiger charge is -1.89. The summed E-state index contributed by atoms with van der Waals surface area (Å²) in [6.45, 7) is 1.23. The standard InChI is InChI=1S/C4H5N3O3/c1-3(8)2-4(9)10-7-6-5/h2H2,1H3. The van der Waals surface area contributed by atoms with Crippen LogP contribution in [0, 0.1) is 0 Å². The molecule has 6 nitrogen and oxygen atoms in total. The molecule has 0 bridgehead atoms. The first kappa shape index (κ1) is 8.45. The Morgan fingerprint density at radius 2 is 2.30 bits per heavy atom. The fraction of sp³-hybridized carbons (Fsp3) is 0.500. The molecule has 0 unspecified atom stereocenters. The van der Waals surface area contributed by atoms with Crippen LogP contribution in [-0.2, 0) is 14.4 Å². The minimum Gasteiger partial charge on any atom is -0.358 e. The molecule has 0 amide bonds. The number of carbonyl (C=O) groups excluding carboxylic acids is 2. The third-order valence-corrected chi connectivity index (χ3v) is 0.572. The van der Waals surface area contributed by atoms with Crippen molar-refractivity contribution in [1.82, 2.24) is 0 Å². The molecule has 0 rings (SSSR count). The van der Waals surface area contributed by atoms with Gasteiger partial charge < -0.3 is 4.84 Å². The van der Waals surface area contributed by atoms with Gasteiger partial charge in [-0.05, 0) is 12.5 Å². The van der Waals surface area contributed by atoms with Gasteiger partial charge in [-0.15, -0.1) is 0 Å². The molecule has 0 heterocycles. The first-order valence-corrected chi connectivity index (χ1v) is 2.40. The zero-order valence-electron chi connectivity index (χ0n) is 5.27. The van der Waals surface area contributed by atoms with E-state index in [2.05, 4.69) is 15.0 Å². The quantitative estimate of drug-likeness (QED) is 0.191. The van der Waals surface area contributed by atoms with Crippen molar-refractivity contribution >= 4 is 11.8 Å². The number of hydrogen-bond donors (Lipinski definition) is 0. The van der Waals surface area contributed by atoms with E-state index in [1.165, 1.54) is 6.92 Å². The molecule has 0 radical (unpaired) electrons. The zero-order chi connectivity index (χ0) is 7.98. The van der Waals surface area contributed by atoms with Gasteiger partial charge in [0.25, 0.3) is 0 Å². The van der Waals surface area contributed by atoms with Crippen molar-refractivity contribution in [2.24, 2.45) is 5.28 Å². The molecule has 0 aliphatic carbocycles. The average Bonchev–Trinajstić information content (AvgIpc) is 1.82. The van der Waals surface area contributed by atoms with Gasteiger partial charge in [-0.1, -0.05) is 0 Å². The first-order chi connectivity index (χ1) is 4.66. The first-order valence-electron chi connectivity index (χ1n) is 2.40. The van der Waals surface area contributed by atoms with Crippen molar-refractivity contribution < 1.29 is 14.4 Å². The van der Waals surface area contributed by atoms with Crippen molar-refractivity contribution in [1.29, 1.82) is 0 Å². The van der Waals surface area contributed by atoms with Gasteiger partial charge in [0, 0.05) is 4.91 Å². The van der Waals surface area contributed by atoms with E-state index in [0.29, 0.717) is 0 Å². The lowest BCUT2D eigenvalue weighted by atomic mass is 10.3. The van der Waals surface area contributed by atoms with Crippen LogP contribution in [0.25, 0.3) is 10.4 Å². The number of rotatable bonds is 3. The Balaban J connectivity index is 3.64. The third-order valence-electron chi connectivity index (χ3n) is 0.572. The Bertz CT molecular complexity index is 188.